The molecule has 1 N–H and O–H groups in total. The molecule has 0 aliphatic rings. The molecule has 2 aromatic carbocycles. The minimum absolute atomic E-state index is 0.0878. The van der Waals surface area contributed by atoms with Gasteiger partial charge in [-0.3, -0.25) is 19.6 Å². The normalized spacial score (nSPS) is 10.6. The quantitative estimate of drug-likeness (QED) is 0.427. The average molecular weight is 435 g/mol. The van der Waals surface area contributed by atoms with E-state index in [1.165, 1.54) is 22.9 Å². The zero-order valence-corrected chi connectivity index (χ0v) is 17.0. The highest BCUT2D eigenvalue weighted by Crippen LogP contribution is 2.30. The van der Waals surface area contributed by atoms with Crippen molar-refractivity contribution in [3.8, 4) is 11.5 Å². The van der Waals surface area contributed by atoms with Gasteiger partial charge >= 0.3 is 0 Å². The van der Waals surface area contributed by atoms with Crippen molar-refractivity contribution in [2.75, 3.05) is 5.32 Å². The van der Waals surface area contributed by atoms with Crippen LogP contribution in [-0.2, 0) is 11.3 Å². The van der Waals surface area contributed by atoms with Crippen LogP contribution < -0.4 is 10.1 Å². The van der Waals surface area contributed by atoms with E-state index >= 15 is 0 Å². The number of nitro groups is 1. The van der Waals surface area contributed by atoms with Gasteiger partial charge in [-0.15, -0.1) is 0 Å². The van der Waals surface area contributed by atoms with Crippen molar-refractivity contribution < 1.29 is 14.5 Å². The molecule has 10 heteroatoms. The summed E-state index contributed by atoms with van der Waals surface area (Å²) in [7, 11) is 0. The fourth-order valence-electron chi connectivity index (χ4n) is 2.62. The van der Waals surface area contributed by atoms with Gasteiger partial charge in [-0.25, -0.2) is 0 Å². The maximum absolute atomic E-state index is 12.4. The number of benzene rings is 2. The van der Waals surface area contributed by atoms with Crippen molar-refractivity contribution in [1.29, 1.82) is 0 Å². The first-order valence-corrected chi connectivity index (χ1v) is 9.21. The Hall–Kier alpha value is -3.10. The lowest BCUT2D eigenvalue weighted by molar-refractivity contribution is -0.384. The molecule has 0 fully saturated rings. The van der Waals surface area contributed by atoms with E-state index in [1.54, 1.807) is 38.1 Å². The summed E-state index contributed by atoms with van der Waals surface area (Å²) in [5.74, 6) is 0.237. The van der Waals surface area contributed by atoms with Gasteiger partial charge in [0.15, 0.2) is 0 Å². The fraction of sp³-hybridized carbons (Fsp3) is 0.158. The highest BCUT2D eigenvalue weighted by Gasteiger charge is 2.15. The maximum Gasteiger partial charge on any atom is 0.275 e. The van der Waals surface area contributed by atoms with Gasteiger partial charge in [0.05, 0.1) is 33.1 Å². The molecule has 0 radical (unpaired) electrons. The summed E-state index contributed by atoms with van der Waals surface area (Å²) in [5, 5.41) is 19.1. The minimum Gasteiger partial charge on any atom is -0.457 e. The average Bonchev–Trinajstić information content (AvgIpc) is 2.90. The Morgan fingerprint density at radius 2 is 1.86 bits per heavy atom. The minimum atomic E-state index is -0.564. The summed E-state index contributed by atoms with van der Waals surface area (Å²) in [5.41, 5.74) is 1.28. The van der Waals surface area contributed by atoms with E-state index < -0.39 is 10.8 Å². The summed E-state index contributed by atoms with van der Waals surface area (Å²) in [4.78, 5) is 23.1. The largest absolute Gasteiger partial charge is 0.457 e. The summed E-state index contributed by atoms with van der Waals surface area (Å²) >= 11 is 11.9. The standard InChI is InChI=1S/C19H16Cl2N4O4/c1-11-19(21)12(2)24(23-11)10-18(26)22-14-7-15(25(27)28)9-17(8-14)29-16-5-3-13(20)4-6-16/h3-9H,10H2,1-2H3,(H,22,26). The molecule has 3 rings (SSSR count). The Balaban J connectivity index is 1.81. The molecule has 1 heterocycles. The van der Waals surface area contributed by atoms with Gasteiger partial charge in [0.25, 0.3) is 5.69 Å². The Bertz CT molecular complexity index is 1080. The molecule has 150 valence electrons. The number of aromatic nitrogens is 2. The lowest BCUT2D eigenvalue weighted by atomic mass is 10.2. The molecule has 0 saturated heterocycles. The number of carbonyl (C=O) groups excluding carboxylic acids is 1. The van der Waals surface area contributed by atoms with Crippen LogP contribution >= 0.6 is 23.2 Å². The summed E-state index contributed by atoms with van der Waals surface area (Å²) in [6.07, 6.45) is 0. The van der Waals surface area contributed by atoms with Gasteiger partial charge in [0, 0.05) is 17.2 Å². The molecule has 3 aromatic rings. The number of nitrogens with one attached hydrogen (secondary N) is 1. The summed E-state index contributed by atoms with van der Waals surface area (Å²) < 4.78 is 7.12. The number of rotatable bonds is 6. The molecular formula is C19H16Cl2N4O4. The lowest BCUT2D eigenvalue weighted by Gasteiger charge is -2.10. The number of non-ortho nitro benzene ring substituents is 1. The topological polar surface area (TPSA) is 99.3 Å². The smallest absolute Gasteiger partial charge is 0.275 e. The zero-order chi connectivity index (χ0) is 21.1. The molecule has 8 nitrogen and oxygen atoms in total. The number of ether oxygens (including phenoxy) is 1. The SMILES string of the molecule is Cc1nn(CC(=O)Nc2cc(Oc3ccc(Cl)cc3)cc([N+](=O)[O-])c2)c(C)c1Cl. The van der Waals surface area contributed by atoms with E-state index in [4.69, 9.17) is 27.9 Å². The first-order chi connectivity index (χ1) is 13.7. The van der Waals surface area contributed by atoms with Crippen molar-refractivity contribution in [3.63, 3.8) is 0 Å². The second-order valence-corrected chi connectivity index (χ2v) is 7.03. The number of anilines is 1. The van der Waals surface area contributed by atoms with E-state index in [-0.39, 0.29) is 23.7 Å². The monoisotopic (exact) mass is 434 g/mol. The number of amides is 1. The molecule has 0 unspecified atom stereocenters. The number of nitrogens with zero attached hydrogens (tertiary/aromatic N) is 3. The Labute approximate surface area is 176 Å². The molecule has 1 aromatic heterocycles. The van der Waals surface area contributed by atoms with Gasteiger partial charge < -0.3 is 10.1 Å². The van der Waals surface area contributed by atoms with E-state index in [1.807, 2.05) is 0 Å². The zero-order valence-electron chi connectivity index (χ0n) is 15.5. The van der Waals surface area contributed by atoms with Gasteiger partial charge in [-0.2, -0.15) is 5.10 Å². The van der Waals surface area contributed by atoms with E-state index in [0.29, 0.717) is 27.2 Å². The van der Waals surface area contributed by atoms with Crippen molar-refractivity contribution in [3.05, 3.63) is 74.0 Å². The van der Waals surface area contributed by atoms with Crippen molar-refractivity contribution in [2.45, 2.75) is 20.4 Å². The van der Waals surface area contributed by atoms with Crippen LogP contribution in [0.2, 0.25) is 10.0 Å². The summed E-state index contributed by atoms with van der Waals surface area (Å²) in [6, 6.07) is 10.5. The van der Waals surface area contributed by atoms with Gasteiger partial charge in [-0.05, 0) is 38.1 Å². The number of nitro benzene ring substituents is 1. The molecule has 0 atom stereocenters. The van der Waals surface area contributed by atoms with Crippen LogP contribution in [0.3, 0.4) is 0 Å². The van der Waals surface area contributed by atoms with Crippen LogP contribution in [0.1, 0.15) is 11.4 Å². The first kappa shape index (κ1) is 20.6. The van der Waals surface area contributed by atoms with Gasteiger partial charge in [-0.1, -0.05) is 23.2 Å². The van der Waals surface area contributed by atoms with Crippen LogP contribution in [0.15, 0.2) is 42.5 Å². The number of aryl methyl sites for hydroxylation is 1. The number of hydrogen-bond donors (Lipinski definition) is 1. The van der Waals surface area contributed by atoms with Crippen LogP contribution in [0.4, 0.5) is 11.4 Å². The molecule has 0 aliphatic heterocycles. The van der Waals surface area contributed by atoms with Crippen LogP contribution in [0.25, 0.3) is 0 Å². The third-order valence-electron chi connectivity index (χ3n) is 4.02. The number of carbonyl (C=O) groups is 1. The van der Waals surface area contributed by atoms with Crippen LogP contribution in [-0.4, -0.2) is 20.6 Å². The maximum atomic E-state index is 12.4. The molecule has 0 spiro atoms. The Morgan fingerprint density at radius 3 is 2.45 bits per heavy atom. The number of halogens is 2. The van der Waals surface area contributed by atoms with Crippen LogP contribution in [0.5, 0.6) is 11.5 Å². The van der Waals surface area contributed by atoms with Crippen LogP contribution in [0, 0.1) is 24.0 Å². The third kappa shape index (κ3) is 5.04. The second kappa shape index (κ2) is 8.50. The predicted molar refractivity (Wildman–Crippen MR) is 110 cm³/mol. The molecule has 1 amide bonds. The molecule has 0 saturated carbocycles. The van der Waals surface area contributed by atoms with Crippen molar-refractivity contribution >= 4 is 40.5 Å². The predicted octanol–water partition coefficient (Wildman–Crippen LogP) is 5.15. The highest BCUT2D eigenvalue weighted by molar-refractivity contribution is 6.31. The van der Waals surface area contributed by atoms with E-state index in [9.17, 15) is 14.9 Å². The van der Waals surface area contributed by atoms with Crippen molar-refractivity contribution in [1.82, 2.24) is 9.78 Å². The van der Waals surface area contributed by atoms with Crippen molar-refractivity contribution in [2.24, 2.45) is 0 Å². The fourth-order valence-corrected chi connectivity index (χ4v) is 2.89. The first-order valence-electron chi connectivity index (χ1n) is 8.45. The van der Waals surface area contributed by atoms with Gasteiger partial charge in [0.2, 0.25) is 5.91 Å². The molecular weight excluding hydrogens is 419 g/mol. The molecule has 29 heavy (non-hydrogen) atoms. The highest BCUT2D eigenvalue weighted by atomic mass is 35.5. The molecule has 0 aliphatic carbocycles. The van der Waals surface area contributed by atoms with Gasteiger partial charge in [0.1, 0.15) is 18.0 Å². The molecule has 0 bridgehead atoms. The third-order valence-corrected chi connectivity index (χ3v) is 4.82. The lowest BCUT2D eigenvalue weighted by Crippen LogP contribution is -2.20. The Morgan fingerprint density at radius 1 is 1.17 bits per heavy atom. The summed E-state index contributed by atoms with van der Waals surface area (Å²) in [6.45, 7) is 3.40. The second-order valence-electron chi connectivity index (χ2n) is 6.22. The van der Waals surface area contributed by atoms with E-state index in [0.717, 1.165) is 0 Å². The number of hydrogen-bond acceptors (Lipinski definition) is 5. The Kier molecular flexibility index (Phi) is 6.05. The van der Waals surface area contributed by atoms with E-state index in [2.05, 4.69) is 10.4 Å².